The summed E-state index contributed by atoms with van der Waals surface area (Å²) in [5.74, 6) is -0.464. The molecule has 0 amide bonds. The topological polar surface area (TPSA) is 12.0 Å². The van der Waals surface area contributed by atoms with E-state index < -0.39 is 12.1 Å². The lowest BCUT2D eigenvalue weighted by atomic mass is 9.74. The number of hydrogen-bond acceptors (Lipinski definition) is 1. The highest BCUT2D eigenvalue weighted by Crippen LogP contribution is 2.41. The smallest absolute Gasteiger partial charge is 0.316 e. The van der Waals surface area contributed by atoms with Crippen molar-refractivity contribution in [3.05, 3.63) is 0 Å². The molecule has 1 N–H and O–H groups in total. The van der Waals surface area contributed by atoms with E-state index in [1.54, 1.807) is 0 Å². The molecule has 1 aliphatic carbocycles. The van der Waals surface area contributed by atoms with E-state index in [4.69, 9.17) is 0 Å². The minimum absolute atomic E-state index is 0.176. The van der Waals surface area contributed by atoms with Crippen LogP contribution in [0.3, 0.4) is 0 Å². The van der Waals surface area contributed by atoms with Crippen molar-refractivity contribution in [2.45, 2.75) is 58.2 Å². The van der Waals surface area contributed by atoms with Gasteiger partial charge in [0.2, 0.25) is 0 Å². The van der Waals surface area contributed by atoms with Crippen molar-refractivity contribution in [2.75, 3.05) is 7.05 Å². The Hall–Kier alpha value is -0.250. The zero-order valence-corrected chi connectivity index (χ0v) is 11.0. The fourth-order valence-electron chi connectivity index (χ4n) is 3.09. The summed E-state index contributed by atoms with van der Waals surface area (Å²) in [7, 11) is 1.87. The van der Waals surface area contributed by atoms with E-state index in [9.17, 15) is 13.2 Å². The molecule has 1 fully saturated rings. The molecule has 4 unspecified atom stereocenters. The quantitative estimate of drug-likeness (QED) is 0.796. The first-order valence-corrected chi connectivity index (χ1v) is 6.64. The second-order valence-electron chi connectivity index (χ2n) is 5.37. The molecule has 0 saturated heterocycles. The van der Waals surface area contributed by atoms with E-state index in [-0.39, 0.29) is 12.0 Å². The van der Waals surface area contributed by atoms with Crippen LogP contribution in [0.1, 0.15) is 46.0 Å². The molecule has 1 aliphatic rings. The van der Waals surface area contributed by atoms with Gasteiger partial charge in [0, 0.05) is 6.04 Å². The summed E-state index contributed by atoms with van der Waals surface area (Å²) >= 11 is 0. The van der Waals surface area contributed by atoms with Gasteiger partial charge >= 0.3 is 6.18 Å². The van der Waals surface area contributed by atoms with Crippen LogP contribution in [0.2, 0.25) is 0 Å². The first-order chi connectivity index (χ1) is 7.90. The summed E-state index contributed by atoms with van der Waals surface area (Å²) in [6, 6.07) is 0.227. The van der Waals surface area contributed by atoms with Crippen LogP contribution in [0.25, 0.3) is 0 Å². The molecule has 1 rings (SSSR count). The van der Waals surface area contributed by atoms with Gasteiger partial charge in [0.25, 0.3) is 0 Å². The van der Waals surface area contributed by atoms with Crippen molar-refractivity contribution < 1.29 is 13.2 Å². The van der Waals surface area contributed by atoms with E-state index in [1.807, 2.05) is 7.05 Å². The van der Waals surface area contributed by atoms with Gasteiger partial charge < -0.3 is 5.32 Å². The molecule has 0 aliphatic heterocycles. The largest absolute Gasteiger partial charge is 0.391 e. The summed E-state index contributed by atoms with van der Waals surface area (Å²) < 4.78 is 38.2. The molecule has 4 heteroatoms. The molecular weight excluding hydrogens is 227 g/mol. The Morgan fingerprint density at radius 2 is 1.94 bits per heavy atom. The highest BCUT2D eigenvalue weighted by atomic mass is 19.4. The molecule has 0 aromatic carbocycles. The van der Waals surface area contributed by atoms with Crippen LogP contribution in [0.15, 0.2) is 0 Å². The number of nitrogens with one attached hydrogen (secondary N) is 1. The van der Waals surface area contributed by atoms with Gasteiger partial charge in [-0.15, -0.1) is 0 Å². The monoisotopic (exact) mass is 251 g/mol. The Morgan fingerprint density at radius 3 is 2.41 bits per heavy atom. The third-order valence-corrected chi connectivity index (χ3v) is 4.28. The predicted molar refractivity (Wildman–Crippen MR) is 63.8 cm³/mol. The summed E-state index contributed by atoms with van der Waals surface area (Å²) in [5.41, 5.74) is 0. The molecule has 0 spiro atoms. The lowest BCUT2D eigenvalue weighted by Crippen LogP contribution is -2.43. The molecule has 102 valence electrons. The molecule has 1 saturated carbocycles. The summed E-state index contributed by atoms with van der Waals surface area (Å²) in [6.45, 7) is 4.22. The zero-order valence-electron chi connectivity index (χ0n) is 11.0. The van der Waals surface area contributed by atoms with Gasteiger partial charge in [-0.25, -0.2) is 0 Å². The fraction of sp³-hybridized carbons (Fsp3) is 1.00. The van der Waals surface area contributed by atoms with E-state index in [1.165, 1.54) is 0 Å². The highest BCUT2D eigenvalue weighted by molar-refractivity contribution is 4.86. The van der Waals surface area contributed by atoms with Gasteiger partial charge in [-0.05, 0) is 38.1 Å². The Bertz CT molecular complexity index is 227. The SMILES string of the molecule is CCC(C)C(NC)C1CCCC(C(F)(F)F)C1. The zero-order chi connectivity index (χ0) is 13.1. The second-order valence-corrected chi connectivity index (χ2v) is 5.37. The number of halogens is 3. The number of alkyl halides is 3. The van der Waals surface area contributed by atoms with Gasteiger partial charge in [-0.2, -0.15) is 13.2 Å². The average Bonchev–Trinajstić information content (AvgIpc) is 2.29. The van der Waals surface area contributed by atoms with Crippen molar-refractivity contribution in [2.24, 2.45) is 17.8 Å². The molecule has 4 atom stereocenters. The van der Waals surface area contributed by atoms with E-state index in [0.29, 0.717) is 25.2 Å². The molecule has 0 heterocycles. The number of rotatable bonds is 4. The highest BCUT2D eigenvalue weighted by Gasteiger charge is 2.43. The molecule has 17 heavy (non-hydrogen) atoms. The average molecular weight is 251 g/mol. The second kappa shape index (κ2) is 6.07. The molecule has 0 radical (unpaired) electrons. The standard InChI is InChI=1S/C13H24F3N/c1-4-9(2)12(17-3)10-6-5-7-11(8-10)13(14,15)16/h9-12,17H,4-8H2,1-3H3. The van der Waals surface area contributed by atoms with Crippen molar-refractivity contribution >= 4 is 0 Å². The first-order valence-electron chi connectivity index (χ1n) is 6.64. The lowest BCUT2D eigenvalue weighted by molar-refractivity contribution is -0.187. The van der Waals surface area contributed by atoms with Crippen LogP contribution in [0.4, 0.5) is 13.2 Å². The van der Waals surface area contributed by atoms with Crippen LogP contribution in [-0.4, -0.2) is 19.3 Å². The van der Waals surface area contributed by atoms with Crippen molar-refractivity contribution in [1.82, 2.24) is 5.32 Å². The van der Waals surface area contributed by atoms with Gasteiger partial charge in [0.15, 0.2) is 0 Å². The third-order valence-electron chi connectivity index (χ3n) is 4.28. The molecule has 1 nitrogen and oxygen atoms in total. The molecule has 0 aromatic heterocycles. The Morgan fingerprint density at radius 1 is 1.29 bits per heavy atom. The van der Waals surface area contributed by atoms with E-state index >= 15 is 0 Å². The summed E-state index contributed by atoms with van der Waals surface area (Å²) in [6.07, 6.45) is -0.729. The predicted octanol–water partition coefficient (Wildman–Crippen LogP) is 3.99. The van der Waals surface area contributed by atoms with E-state index in [0.717, 1.165) is 12.8 Å². The lowest BCUT2D eigenvalue weighted by Gasteiger charge is -2.37. The maximum atomic E-state index is 12.7. The van der Waals surface area contributed by atoms with Crippen LogP contribution in [-0.2, 0) is 0 Å². The van der Waals surface area contributed by atoms with Gasteiger partial charge in [0.05, 0.1) is 5.92 Å². The van der Waals surface area contributed by atoms with Crippen LogP contribution in [0.5, 0.6) is 0 Å². The van der Waals surface area contributed by atoms with Gasteiger partial charge in [-0.3, -0.25) is 0 Å². The van der Waals surface area contributed by atoms with Crippen LogP contribution in [0, 0.1) is 17.8 Å². The van der Waals surface area contributed by atoms with Crippen molar-refractivity contribution in [3.8, 4) is 0 Å². The fourth-order valence-corrected chi connectivity index (χ4v) is 3.09. The molecular formula is C13H24F3N. The van der Waals surface area contributed by atoms with Crippen molar-refractivity contribution in [1.29, 1.82) is 0 Å². The molecule has 0 aromatic rings. The Balaban J connectivity index is 2.64. The van der Waals surface area contributed by atoms with Crippen LogP contribution >= 0.6 is 0 Å². The maximum absolute atomic E-state index is 12.7. The summed E-state index contributed by atoms with van der Waals surface area (Å²) in [5, 5.41) is 3.23. The first kappa shape index (κ1) is 14.8. The maximum Gasteiger partial charge on any atom is 0.391 e. The van der Waals surface area contributed by atoms with Crippen LogP contribution < -0.4 is 5.32 Å². The minimum atomic E-state index is -4.01. The normalized spacial score (nSPS) is 30.0. The summed E-state index contributed by atoms with van der Waals surface area (Å²) in [4.78, 5) is 0. The minimum Gasteiger partial charge on any atom is -0.316 e. The number of hydrogen-bond donors (Lipinski definition) is 1. The Labute approximate surface area is 102 Å². The van der Waals surface area contributed by atoms with Crippen molar-refractivity contribution in [3.63, 3.8) is 0 Å². The van der Waals surface area contributed by atoms with Gasteiger partial charge in [-0.1, -0.05) is 26.7 Å². The van der Waals surface area contributed by atoms with Gasteiger partial charge in [0.1, 0.15) is 0 Å². The Kier molecular flexibility index (Phi) is 5.29. The molecule has 0 bridgehead atoms. The third kappa shape index (κ3) is 3.87. The van der Waals surface area contributed by atoms with E-state index in [2.05, 4.69) is 19.2 Å².